The van der Waals surface area contributed by atoms with Crippen molar-refractivity contribution in [1.29, 1.82) is 0 Å². The van der Waals surface area contributed by atoms with Gasteiger partial charge in [-0.25, -0.2) is 0 Å². The zero-order chi connectivity index (χ0) is 8.97. The third kappa shape index (κ3) is 2.38. The minimum absolute atomic E-state index is 0.0362. The molecule has 1 atom stereocenters. The van der Waals surface area contributed by atoms with Crippen molar-refractivity contribution < 1.29 is 4.79 Å². The summed E-state index contributed by atoms with van der Waals surface area (Å²) in [7, 11) is 0. The van der Waals surface area contributed by atoms with Crippen LogP contribution in [-0.4, -0.2) is 41.4 Å². The monoisotopic (exact) mass is 188 g/mol. The van der Waals surface area contributed by atoms with Crippen LogP contribution >= 0.6 is 11.8 Å². The van der Waals surface area contributed by atoms with Crippen LogP contribution in [0.1, 0.15) is 13.3 Å². The van der Waals surface area contributed by atoms with E-state index in [1.165, 1.54) is 0 Å². The fraction of sp³-hybridized carbons (Fsp3) is 0.875. The van der Waals surface area contributed by atoms with E-state index in [9.17, 15) is 4.79 Å². The Balaban J connectivity index is 2.46. The van der Waals surface area contributed by atoms with E-state index in [4.69, 9.17) is 5.73 Å². The standard InChI is InChI=1S/C8H16N2OS/c1-2-7(8(9)11)10-3-5-12-6-4-10/h7H,2-6H2,1H3,(H2,9,11). The van der Waals surface area contributed by atoms with Crippen molar-refractivity contribution >= 4 is 17.7 Å². The SMILES string of the molecule is CCC(C(N)=O)N1CCSCC1. The van der Waals surface area contributed by atoms with Crippen LogP contribution in [0.15, 0.2) is 0 Å². The van der Waals surface area contributed by atoms with Gasteiger partial charge in [-0.2, -0.15) is 11.8 Å². The highest BCUT2D eigenvalue weighted by Gasteiger charge is 2.23. The second-order valence-electron chi connectivity index (χ2n) is 2.97. The summed E-state index contributed by atoms with van der Waals surface area (Å²) in [4.78, 5) is 13.2. The van der Waals surface area contributed by atoms with E-state index in [2.05, 4.69) is 4.90 Å². The summed E-state index contributed by atoms with van der Waals surface area (Å²) in [6.45, 7) is 4.02. The molecule has 1 aliphatic rings. The highest BCUT2D eigenvalue weighted by Crippen LogP contribution is 2.13. The Bertz CT molecular complexity index is 157. The summed E-state index contributed by atoms with van der Waals surface area (Å²) in [5.41, 5.74) is 5.29. The van der Waals surface area contributed by atoms with Crippen LogP contribution in [0.3, 0.4) is 0 Å². The summed E-state index contributed by atoms with van der Waals surface area (Å²) in [6, 6.07) is -0.0362. The van der Waals surface area contributed by atoms with Crippen LogP contribution in [0.5, 0.6) is 0 Å². The van der Waals surface area contributed by atoms with Gasteiger partial charge in [0.2, 0.25) is 5.91 Å². The Morgan fingerprint density at radius 3 is 2.58 bits per heavy atom. The maximum Gasteiger partial charge on any atom is 0.234 e. The van der Waals surface area contributed by atoms with E-state index in [0.29, 0.717) is 0 Å². The van der Waals surface area contributed by atoms with Gasteiger partial charge >= 0.3 is 0 Å². The normalized spacial score (nSPS) is 22.1. The van der Waals surface area contributed by atoms with Crippen LogP contribution in [0.25, 0.3) is 0 Å². The predicted octanol–water partition coefficient (Wildman–Crippen LogP) is 0.299. The average Bonchev–Trinajstić information content (AvgIpc) is 2.07. The lowest BCUT2D eigenvalue weighted by Gasteiger charge is -2.31. The molecule has 0 aliphatic carbocycles. The van der Waals surface area contributed by atoms with Gasteiger partial charge in [0.15, 0.2) is 0 Å². The van der Waals surface area contributed by atoms with Gasteiger partial charge in [0.1, 0.15) is 0 Å². The smallest absolute Gasteiger partial charge is 0.234 e. The van der Waals surface area contributed by atoms with Crippen molar-refractivity contribution in [2.75, 3.05) is 24.6 Å². The van der Waals surface area contributed by atoms with E-state index in [1.807, 2.05) is 18.7 Å². The molecule has 0 saturated carbocycles. The number of amides is 1. The zero-order valence-electron chi connectivity index (χ0n) is 7.45. The number of nitrogens with two attached hydrogens (primary N) is 1. The van der Waals surface area contributed by atoms with Crippen molar-refractivity contribution in [1.82, 2.24) is 4.90 Å². The highest BCUT2D eigenvalue weighted by atomic mass is 32.2. The number of rotatable bonds is 3. The first-order valence-corrected chi connectivity index (χ1v) is 5.52. The lowest BCUT2D eigenvalue weighted by molar-refractivity contribution is -0.123. The number of hydrogen-bond donors (Lipinski definition) is 1. The number of thioether (sulfide) groups is 1. The quantitative estimate of drug-likeness (QED) is 0.693. The summed E-state index contributed by atoms with van der Waals surface area (Å²) >= 11 is 1.94. The zero-order valence-corrected chi connectivity index (χ0v) is 8.27. The van der Waals surface area contributed by atoms with Gasteiger partial charge in [-0.05, 0) is 6.42 Å². The lowest BCUT2D eigenvalue weighted by Crippen LogP contribution is -2.47. The molecule has 2 N–H and O–H groups in total. The molecule has 0 bridgehead atoms. The molecule has 0 spiro atoms. The minimum atomic E-state index is -0.176. The molecule has 70 valence electrons. The van der Waals surface area contributed by atoms with Gasteiger partial charge in [0, 0.05) is 24.6 Å². The summed E-state index contributed by atoms with van der Waals surface area (Å²) < 4.78 is 0. The first-order valence-electron chi connectivity index (χ1n) is 4.36. The fourth-order valence-corrected chi connectivity index (χ4v) is 2.46. The summed E-state index contributed by atoms with van der Waals surface area (Å²) in [5.74, 6) is 2.08. The number of carbonyl (C=O) groups excluding carboxylic acids is 1. The van der Waals surface area contributed by atoms with Gasteiger partial charge in [0.25, 0.3) is 0 Å². The summed E-state index contributed by atoms with van der Waals surface area (Å²) in [5, 5.41) is 0. The molecule has 1 unspecified atom stereocenters. The largest absolute Gasteiger partial charge is 0.368 e. The topological polar surface area (TPSA) is 46.3 Å². The Labute approximate surface area is 77.7 Å². The second kappa shape index (κ2) is 4.72. The maximum absolute atomic E-state index is 11.0. The third-order valence-electron chi connectivity index (χ3n) is 2.20. The van der Waals surface area contributed by atoms with Gasteiger partial charge in [0.05, 0.1) is 6.04 Å². The number of nitrogens with zero attached hydrogens (tertiary/aromatic N) is 1. The van der Waals surface area contributed by atoms with Crippen molar-refractivity contribution in [3.8, 4) is 0 Å². The first kappa shape index (κ1) is 9.86. The van der Waals surface area contributed by atoms with E-state index < -0.39 is 0 Å². The van der Waals surface area contributed by atoms with E-state index >= 15 is 0 Å². The van der Waals surface area contributed by atoms with Crippen LogP contribution in [0.2, 0.25) is 0 Å². The Kier molecular flexibility index (Phi) is 3.88. The van der Waals surface area contributed by atoms with Crippen LogP contribution in [0.4, 0.5) is 0 Å². The molecule has 0 aromatic rings. The van der Waals surface area contributed by atoms with Crippen LogP contribution in [-0.2, 0) is 4.79 Å². The molecule has 1 heterocycles. The molecule has 0 radical (unpaired) electrons. The van der Waals surface area contributed by atoms with Crippen molar-refractivity contribution in [3.63, 3.8) is 0 Å². The molecule has 4 heteroatoms. The Morgan fingerprint density at radius 1 is 1.58 bits per heavy atom. The molecule has 1 fully saturated rings. The highest BCUT2D eigenvalue weighted by molar-refractivity contribution is 7.99. The average molecular weight is 188 g/mol. The van der Waals surface area contributed by atoms with Gasteiger partial charge < -0.3 is 5.73 Å². The Hall–Kier alpha value is -0.220. The third-order valence-corrected chi connectivity index (χ3v) is 3.14. The van der Waals surface area contributed by atoms with E-state index in [1.54, 1.807) is 0 Å². The molecule has 1 saturated heterocycles. The minimum Gasteiger partial charge on any atom is -0.368 e. The molecule has 0 aromatic heterocycles. The molecule has 12 heavy (non-hydrogen) atoms. The van der Waals surface area contributed by atoms with E-state index in [-0.39, 0.29) is 11.9 Å². The van der Waals surface area contributed by atoms with Gasteiger partial charge in [-0.15, -0.1) is 0 Å². The second-order valence-corrected chi connectivity index (χ2v) is 4.20. The molecule has 1 rings (SSSR count). The number of hydrogen-bond acceptors (Lipinski definition) is 3. The molecule has 0 aromatic carbocycles. The number of primary amides is 1. The van der Waals surface area contributed by atoms with Crippen molar-refractivity contribution in [3.05, 3.63) is 0 Å². The molecular weight excluding hydrogens is 172 g/mol. The molecule has 1 amide bonds. The number of carbonyl (C=O) groups is 1. The van der Waals surface area contributed by atoms with Crippen LogP contribution < -0.4 is 5.73 Å². The van der Waals surface area contributed by atoms with Crippen LogP contribution in [0, 0.1) is 0 Å². The summed E-state index contributed by atoms with van der Waals surface area (Å²) in [6.07, 6.45) is 0.833. The molecule has 3 nitrogen and oxygen atoms in total. The first-order chi connectivity index (χ1) is 5.75. The Morgan fingerprint density at radius 2 is 2.17 bits per heavy atom. The van der Waals surface area contributed by atoms with Crippen molar-refractivity contribution in [2.24, 2.45) is 5.73 Å². The fourth-order valence-electron chi connectivity index (χ4n) is 1.53. The van der Waals surface area contributed by atoms with Gasteiger partial charge in [-0.1, -0.05) is 6.92 Å². The van der Waals surface area contributed by atoms with Gasteiger partial charge in [-0.3, -0.25) is 9.69 Å². The lowest BCUT2D eigenvalue weighted by atomic mass is 10.2. The molecular formula is C8H16N2OS. The van der Waals surface area contributed by atoms with E-state index in [0.717, 1.165) is 31.0 Å². The molecule has 1 aliphatic heterocycles. The van der Waals surface area contributed by atoms with Crippen molar-refractivity contribution in [2.45, 2.75) is 19.4 Å². The predicted molar refractivity (Wildman–Crippen MR) is 52.2 cm³/mol. The maximum atomic E-state index is 11.0.